The topological polar surface area (TPSA) is 49.5 Å². The van der Waals surface area contributed by atoms with Crippen molar-refractivity contribution >= 4 is 5.69 Å². The normalized spacial score (nSPS) is 12.8. The maximum absolute atomic E-state index is 13.8. The van der Waals surface area contributed by atoms with Gasteiger partial charge in [-0.2, -0.15) is 0 Å². The lowest BCUT2D eigenvalue weighted by Crippen LogP contribution is -2.32. The lowest BCUT2D eigenvalue weighted by molar-refractivity contribution is 0.152. The molecule has 0 saturated carbocycles. The summed E-state index contributed by atoms with van der Waals surface area (Å²) in [7, 11) is 0. The lowest BCUT2D eigenvalue weighted by atomic mass is 10.1. The van der Waals surface area contributed by atoms with Gasteiger partial charge in [-0.05, 0) is 24.6 Å². The Morgan fingerprint density at radius 2 is 2.06 bits per heavy atom. The summed E-state index contributed by atoms with van der Waals surface area (Å²) in [5.41, 5.74) is 6.25. The molecule has 6 heteroatoms. The van der Waals surface area contributed by atoms with Gasteiger partial charge in [0.25, 0.3) is 6.43 Å². The van der Waals surface area contributed by atoms with E-state index in [1.807, 2.05) is 0 Å². The first-order chi connectivity index (χ1) is 8.45. The van der Waals surface area contributed by atoms with Crippen LogP contribution in [0.5, 0.6) is 0 Å². The molecular weight excluding hydrogens is 245 g/mol. The van der Waals surface area contributed by atoms with Crippen molar-refractivity contribution in [1.29, 1.82) is 0 Å². The zero-order valence-corrected chi connectivity index (χ0v) is 10.1. The van der Waals surface area contributed by atoms with E-state index in [0.29, 0.717) is 5.56 Å². The summed E-state index contributed by atoms with van der Waals surface area (Å²) < 4.78 is 38.5. The van der Waals surface area contributed by atoms with Crippen LogP contribution in [-0.2, 0) is 0 Å². The van der Waals surface area contributed by atoms with Gasteiger partial charge in [0.1, 0.15) is 5.82 Å². The Labute approximate surface area is 104 Å². The van der Waals surface area contributed by atoms with Crippen molar-refractivity contribution < 1.29 is 18.3 Å². The fourth-order valence-corrected chi connectivity index (χ4v) is 1.66. The molecule has 0 amide bonds. The molecule has 3 nitrogen and oxygen atoms in total. The van der Waals surface area contributed by atoms with Gasteiger partial charge >= 0.3 is 0 Å². The van der Waals surface area contributed by atoms with Gasteiger partial charge in [0.2, 0.25) is 0 Å². The molecule has 0 aliphatic carbocycles. The fourth-order valence-electron chi connectivity index (χ4n) is 1.66. The number of halogens is 3. The van der Waals surface area contributed by atoms with E-state index < -0.39 is 18.8 Å². The van der Waals surface area contributed by atoms with Crippen LogP contribution in [0.2, 0.25) is 0 Å². The molecule has 0 bridgehead atoms. The maximum Gasteiger partial charge on any atom is 0.255 e. The first kappa shape index (κ1) is 14.8. The van der Waals surface area contributed by atoms with Crippen LogP contribution in [0, 0.1) is 5.82 Å². The highest BCUT2D eigenvalue weighted by Gasteiger charge is 2.16. The fraction of sp³-hybridized carbons (Fsp3) is 0.500. The van der Waals surface area contributed by atoms with Crippen LogP contribution >= 0.6 is 0 Å². The number of nitrogens with two attached hydrogens (primary N) is 1. The average molecular weight is 262 g/mol. The summed E-state index contributed by atoms with van der Waals surface area (Å²) in [6, 6.07) is 3.91. The number of hydrogen-bond donors (Lipinski definition) is 2. The van der Waals surface area contributed by atoms with Crippen molar-refractivity contribution in [2.24, 2.45) is 5.73 Å². The number of hydrogen-bond acceptors (Lipinski definition) is 3. The molecule has 0 heterocycles. The zero-order chi connectivity index (χ0) is 13.7. The molecular formula is C12H17F3N2O. The Hall–Kier alpha value is -1.27. The van der Waals surface area contributed by atoms with Crippen molar-refractivity contribution in [3.05, 3.63) is 29.6 Å². The second-order valence-corrected chi connectivity index (χ2v) is 4.06. The minimum absolute atomic E-state index is 0.0429. The number of anilines is 1. The summed E-state index contributed by atoms with van der Waals surface area (Å²) in [6.07, 6.45) is -2.59. The highest BCUT2D eigenvalue weighted by Crippen LogP contribution is 2.23. The van der Waals surface area contributed by atoms with Gasteiger partial charge in [0.15, 0.2) is 0 Å². The SMILES string of the molecule is CC(N)c1ccc(N(CCO)CC(F)F)c(F)c1. The molecule has 1 rings (SSSR count). The Kier molecular flexibility index (Phi) is 5.43. The molecule has 0 spiro atoms. The third-order valence-corrected chi connectivity index (χ3v) is 2.57. The molecule has 0 radical (unpaired) electrons. The van der Waals surface area contributed by atoms with Gasteiger partial charge in [-0.15, -0.1) is 0 Å². The highest BCUT2D eigenvalue weighted by atomic mass is 19.3. The predicted molar refractivity (Wildman–Crippen MR) is 64.3 cm³/mol. The Morgan fingerprint density at radius 1 is 1.39 bits per heavy atom. The second kappa shape index (κ2) is 6.61. The van der Waals surface area contributed by atoms with Gasteiger partial charge < -0.3 is 15.7 Å². The largest absolute Gasteiger partial charge is 0.395 e. The molecule has 0 saturated heterocycles. The van der Waals surface area contributed by atoms with Crippen LogP contribution in [0.25, 0.3) is 0 Å². The second-order valence-electron chi connectivity index (χ2n) is 4.06. The maximum atomic E-state index is 13.8. The minimum atomic E-state index is -2.59. The monoisotopic (exact) mass is 262 g/mol. The van der Waals surface area contributed by atoms with Crippen LogP contribution in [0.4, 0.5) is 18.9 Å². The van der Waals surface area contributed by atoms with E-state index in [-0.39, 0.29) is 24.9 Å². The number of alkyl halides is 2. The summed E-state index contributed by atoms with van der Waals surface area (Å²) in [6.45, 7) is 0.730. The number of rotatable bonds is 6. The van der Waals surface area contributed by atoms with Gasteiger partial charge in [0.05, 0.1) is 18.8 Å². The molecule has 0 aliphatic rings. The Morgan fingerprint density at radius 3 is 2.50 bits per heavy atom. The van der Waals surface area contributed by atoms with Crippen molar-refractivity contribution in [1.82, 2.24) is 0 Å². The molecule has 1 aromatic carbocycles. The standard InChI is InChI=1S/C12H17F3N2O/c1-8(16)9-2-3-11(10(13)6-9)17(4-5-18)7-12(14)15/h2-3,6,8,12,18H,4-5,7,16H2,1H3. The lowest BCUT2D eigenvalue weighted by Gasteiger charge is -2.24. The summed E-state index contributed by atoms with van der Waals surface area (Å²) >= 11 is 0. The van der Waals surface area contributed by atoms with Crippen molar-refractivity contribution in [2.45, 2.75) is 19.4 Å². The predicted octanol–water partition coefficient (Wildman–Crippen LogP) is 1.91. The Balaban J connectivity index is 2.97. The van der Waals surface area contributed by atoms with Gasteiger partial charge in [0, 0.05) is 12.6 Å². The third-order valence-electron chi connectivity index (χ3n) is 2.57. The van der Waals surface area contributed by atoms with Crippen LogP contribution in [0.1, 0.15) is 18.5 Å². The van der Waals surface area contributed by atoms with Crippen molar-refractivity contribution in [3.63, 3.8) is 0 Å². The molecule has 102 valence electrons. The first-order valence-electron chi connectivity index (χ1n) is 5.64. The van der Waals surface area contributed by atoms with Gasteiger partial charge in [-0.3, -0.25) is 0 Å². The molecule has 0 fully saturated rings. The van der Waals surface area contributed by atoms with Crippen LogP contribution < -0.4 is 10.6 Å². The van der Waals surface area contributed by atoms with E-state index in [1.54, 1.807) is 13.0 Å². The summed E-state index contributed by atoms with van der Waals surface area (Å²) in [5, 5.41) is 8.82. The van der Waals surface area contributed by atoms with Crippen LogP contribution in [0.15, 0.2) is 18.2 Å². The van der Waals surface area contributed by atoms with Crippen molar-refractivity contribution in [2.75, 3.05) is 24.6 Å². The van der Waals surface area contributed by atoms with E-state index in [2.05, 4.69) is 0 Å². The molecule has 3 N–H and O–H groups in total. The van der Waals surface area contributed by atoms with E-state index >= 15 is 0 Å². The number of nitrogens with zero attached hydrogens (tertiary/aromatic N) is 1. The van der Waals surface area contributed by atoms with E-state index in [0.717, 1.165) is 4.90 Å². The molecule has 18 heavy (non-hydrogen) atoms. The minimum Gasteiger partial charge on any atom is -0.395 e. The number of aliphatic hydroxyl groups excluding tert-OH is 1. The van der Waals surface area contributed by atoms with Gasteiger partial charge in [-0.25, -0.2) is 13.2 Å². The van der Waals surface area contributed by atoms with Gasteiger partial charge in [-0.1, -0.05) is 6.07 Å². The smallest absolute Gasteiger partial charge is 0.255 e. The summed E-state index contributed by atoms with van der Waals surface area (Å²) in [4.78, 5) is 1.12. The van der Waals surface area contributed by atoms with E-state index in [1.165, 1.54) is 12.1 Å². The first-order valence-corrected chi connectivity index (χ1v) is 5.64. The van der Waals surface area contributed by atoms with Crippen LogP contribution in [-0.4, -0.2) is 31.2 Å². The van der Waals surface area contributed by atoms with E-state index in [4.69, 9.17) is 10.8 Å². The van der Waals surface area contributed by atoms with Crippen LogP contribution in [0.3, 0.4) is 0 Å². The van der Waals surface area contributed by atoms with Crippen molar-refractivity contribution in [3.8, 4) is 0 Å². The third kappa shape index (κ3) is 3.89. The molecule has 0 aromatic heterocycles. The molecule has 1 aromatic rings. The zero-order valence-electron chi connectivity index (χ0n) is 10.1. The summed E-state index contributed by atoms with van der Waals surface area (Å²) in [5.74, 6) is -0.612. The molecule has 0 aliphatic heterocycles. The Bertz CT molecular complexity index is 386. The highest BCUT2D eigenvalue weighted by molar-refractivity contribution is 5.49. The molecule has 1 unspecified atom stereocenters. The quantitative estimate of drug-likeness (QED) is 0.823. The number of benzene rings is 1. The van der Waals surface area contributed by atoms with E-state index in [9.17, 15) is 13.2 Å². The molecule has 1 atom stereocenters. The average Bonchev–Trinajstić information content (AvgIpc) is 2.27. The number of aliphatic hydroxyl groups is 1.